The smallest absolute Gasteiger partial charge is 0.227 e. The third-order valence-electron chi connectivity index (χ3n) is 2.67. The molecule has 0 aromatic carbocycles. The SMILES string of the molecule is CCC1=CC(C(=O)NCC(C)=O)CC(Cl)=C1N. The van der Waals surface area contributed by atoms with Crippen LogP contribution in [0.3, 0.4) is 0 Å². The van der Waals surface area contributed by atoms with E-state index >= 15 is 0 Å². The number of nitrogens with one attached hydrogen (secondary N) is 1. The lowest BCUT2D eigenvalue weighted by Crippen LogP contribution is -2.34. The molecule has 0 saturated heterocycles. The van der Waals surface area contributed by atoms with E-state index in [2.05, 4.69) is 5.32 Å². The number of carbonyl (C=O) groups excluding carboxylic acids is 2. The van der Waals surface area contributed by atoms with Gasteiger partial charge in [-0.3, -0.25) is 9.59 Å². The Morgan fingerprint density at radius 2 is 2.24 bits per heavy atom. The number of allylic oxidation sites excluding steroid dienone is 2. The number of amides is 1. The van der Waals surface area contributed by atoms with Crippen molar-refractivity contribution in [3.63, 3.8) is 0 Å². The summed E-state index contributed by atoms with van der Waals surface area (Å²) in [4.78, 5) is 22.6. The predicted octanol–water partition coefficient (Wildman–Crippen LogP) is 1.46. The second-order valence-corrected chi connectivity index (χ2v) is 4.55. The zero-order valence-corrected chi connectivity index (χ0v) is 10.8. The highest BCUT2D eigenvalue weighted by molar-refractivity contribution is 6.30. The number of halogens is 1. The van der Waals surface area contributed by atoms with Crippen molar-refractivity contribution in [1.82, 2.24) is 5.32 Å². The third-order valence-corrected chi connectivity index (χ3v) is 3.03. The minimum atomic E-state index is -0.330. The van der Waals surface area contributed by atoms with Gasteiger partial charge in [-0.1, -0.05) is 24.6 Å². The summed E-state index contributed by atoms with van der Waals surface area (Å²) in [5, 5.41) is 3.10. The first-order chi connectivity index (χ1) is 7.95. The van der Waals surface area contributed by atoms with Crippen molar-refractivity contribution in [2.75, 3.05) is 6.54 Å². The lowest BCUT2D eigenvalue weighted by Gasteiger charge is -2.21. The molecule has 1 atom stereocenters. The molecule has 0 aromatic rings. The molecule has 94 valence electrons. The molecular weight excluding hydrogens is 240 g/mol. The van der Waals surface area contributed by atoms with Gasteiger partial charge in [0.25, 0.3) is 0 Å². The molecule has 0 fully saturated rings. The Labute approximate surface area is 106 Å². The number of rotatable bonds is 4. The number of carbonyl (C=O) groups is 2. The molecule has 0 aliphatic heterocycles. The van der Waals surface area contributed by atoms with Crippen LogP contribution in [0.25, 0.3) is 0 Å². The number of hydrogen-bond acceptors (Lipinski definition) is 3. The monoisotopic (exact) mass is 256 g/mol. The molecule has 1 amide bonds. The zero-order valence-electron chi connectivity index (χ0n) is 10.0. The van der Waals surface area contributed by atoms with E-state index in [1.165, 1.54) is 6.92 Å². The Bertz CT molecular complexity index is 399. The van der Waals surface area contributed by atoms with E-state index in [4.69, 9.17) is 17.3 Å². The molecular formula is C12H17ClN2O2. The van der Waals surface area contributed by atoms with Crippen molar-refractivity contribution in [2.45, 2.75) is 26.7 Å². The molecule has 0 spiro atoms. The average molecular weight is 257 g/mol. The summed E-state index contributed by atoms with van der Waals surface area (Å²) >= 11 is 6.01. The largest absolute Gasteiger partial charge is 0.398 e. The van der Waals surface area contributed by atoms with Crippen LogP contribution in [0.15, 0.2) is 22.4 Å². The third kappa shape index (κ3) is 3.60. The Hall–Kier alpha value is -1.29. The molecule has 0 heterocycles. The molecule has 3 N–H and O–H groups in total. The fraction of sp³-hybridized carbons (Fsp3) is 0.500. The maximum atomic E-state index is 11.8. The molecule has 1 rings (SSSR count). The van der Waals surface area contributed by atoms with Gasteiger partial charge >= 0.3 is 0 Å². The summed E-state index contributed by atoms with van der Waals surface area (Å²) in [6.45, 7) is 3.44. The summed E-state index contributed by atoms with van der Waals surface area (Å²) in [6.07, 6.45) is 2.97. The molecule has 4 nitrogen and oxygen atoms in total. The molecule has 0 aromatic heterocycles. The predicted molar refractivity (Wildman–Crippen MR) is 67.2 cm³/mol. The second-order valence-electron chi connectivity index (χ2n) is 4.09. The fourth-order valence-electron chi connectivity index (χ4n) is 1.69. The molecule has 0 bridgehead atoms. The van der Waals surface area contributed by atoms with Crippen molar-refractivity contribution < 1.29 is 9.59 Å². The van der Waals surface area contributed by atoms with Gasteiger partial charge in [-0.2, -0.15) is 0 Å². The van der Waals surface area contributed by atoms with Crippen molar-refractivity contribution in [3.8, 4) is 0 Å². The first kappa shape index (κ1) is 13.8. The Balaban J connectivity index is 2.72. The molecule has 0 radical (unpaired) electrons. The topological polar surface area (TPSA) is 72.2 Å². The lowest BCUT2D eigenvalue weighted by molar-refractivity contribution is -0.126. The van der Waals surface area contributed by atoms with Crippen LogP contribution in [0, 0.1) is 5.92 Å². The molecule has 1 aliphatic carbocycles. The highest BCUT2D eigenvalue weighted by Crippen LogP contribution is 2.30. The van der Waals surface area contributed by atoms with Crippen LogP contribution in [-0.2, 0) is 9.59 Å². The highest BCUT2D eigenvalue weighted by atomic mass is 35.5. The quantitative estimate of drug-likeness (QED) is 0.800. The van der Waals surface area contributed by atoms with Crippen LogP contribution in [0.1, 0.15) is 26.7 Å². The minimum absolute atomic E-state index is 0.0570. The number of Topliss-reactive ketones (excluding diaryl/α,β-unsaturated/α-hetero) is 1. The zero-order chi connectivity index (χ0) is 13.0. The van der Waals surface area contributed by atoms with Gasteiger partial charge < -0.3 is 11.1 Å². The molecule has 5 heteroatoms. The van der Waals surface area contributed by atoms with E-state index < -0.39 is 0 Å². The van der Waals surface area contributed by atoms with E-state index in [0.717, 1.165) is 12.0 Å². The van der Waals surface area contributed by atoms with Crippen LogP contribution in [0.5, 0.6) is 0 Å². The Morgan fingerprint density at radius 3 is 2.76 bits per heavy atom. The lowest BCUT2D eigenvalue weighted by atomic mass is 9.92. The number of hydrogen-bond donors (Lipinski definition) is 2. The van der Waals surface area contributed by atoms with Gasteiger partial charge in [0.2, 0.25) is 5.91 Å². The summed E-state index contributed by atoms with van der Waals surface area (Å²) in [7, 11) is 0. The summed E-state index contributed by atoms with van der Waals surface area (Å²) in [6, 6.07) is 0. The van der Waals surface area contributed by atoms with Gasteiger partial charge in [0.05, 0.1) is 12.5 Å². The average Bonchev–Trinajstić information content (AvgIpc) is 2.29. The fourth-order valence-corrected chi connectivity index (χ4v) is 1.98. The van der Waals surface area contributed by atoms with E-state index in [9.17, 15) is 9.59 Å². The van der Waals surface area contributed by atoms with Crippen LogP contribution in [-0.4, -0.2) is 18.2 Å². The van der Waals surface area contributed by atoms with Gasteiger partial charge in [0.15, 0.2) is 0 Å². The van der Waals surface area contributed by atoms with Crippen LogP contribution >= 0.6 is 11.6 Å². The summed E-state index contributed by atoms with van der Waals surface area (Å²) in [5.41, 5.74) is 7.28. The van der Waals surface area contributed by atoms with E-state index in [0.29, 0.717) is 17.2 Å². The van der Waals surface area contributed by atoms with Crippen molar-refractivity contribution >= 4 is 23.3 Å². The Morgan fingerprint density at radius 1 is 1.59 bits per heavy atom. The van der Waals surface area contributed by atoms with E-state index in [1.807, 2.05) is 13.0 Å². The Kier molecular flexibility index (Phi) is 4.75. The maximum absolute atomic E-state index is 11.8. The van der Waals surface area contributed by atoms with Crippen LogP contribution in [0.2, 0.25) is 0 Å². The summed E-state index contributed by atoms with van der Waals surface area (Å²) < 4.78 is 0. The van der Waals surface area contributed by atoms with Gasteiger partial charge in [0, 0.05) is 17.2 Å². The van der Waals surface area contributed by atoms with Gasteiger partial charge in [-0.25, -0.2) is 0 Å². The molecule has 1 unspecified atom stereocenters. The van der Waals surface area contributed by atoms with E-state index in [1.54, 1.807) is 0 Å². The highest BCUT2D eigenvalue weighted by Gasteiger charge is 2.24. The van der Waals surface area contributed by atoms with Crippen LogP contribution < -0.4 is 11.1 Å². The van der Waals surface area contributed by atoms with Gasteiger partial charge in [0.1, 0.15) is 5.78 Å². The number of ketones is 1. The first-order valence-corrected chi connectivity index (χ1v) is 5.95. The van der Waals surface area contributed by atoms with Gasteiger partial charge in [-0.15, -0.1) is 0 Å². The summed E-state index contributed by atoms with van der Waals surface area (Å²) in [5.74, 6) is -0.587. The second kappa shape index (κ2) is 5.87. The molecule has 17 heavy (non-hydrogen) atoms. The van der Waals surface area contributed by atoms with Crippen molar-refractivity contribution in [2.24, 2.45) is 11.7 Å². The minimum Gasteiger partial charge on any atom is -0.398 e. The number of nitrogens with two attached hydrogens (primary N) is 1. The maximum Gasteiger partial charge on any atom is 0.227 e. The first-order valence-electron chi connectivity index (χ1n) is 5.58. The standard InChI is InChI=1S/C12H17ClN2O2/c1-3-8-4-9(5-10(13)11(8)14)12(17)15-6-7(2)16/h4,9H,3,5-6,14H2,1-2H3,(H,15,17). The van der Waals surface area contributed by atoms with Crippen molar-refractivity contribution in [1.29, 1.82) is 0 Å². The van der Waals surface area contributed by atoms with E-state index in [-0.39, 0.29) is 24.2 Å². The van der Waals surface area contributed by atoms with Gasteiger partial charge in [-0.05, 0) is 18.9 Å². The molecule has 0 saturated carbocycles. The van der Waals surface area contributed by atoms with Crippen LogP contribution in [0.4, 0.5) is 0 Å². The normalized spacial score (nSPS) is 19.9. The van der Waals surface area contributed by atoms with Crippen molar-refractivity contribution in [3.05, 3.63) is 22.4 Å². The molecule has 1 aliphatic rings.